The van der Waals surface area contributed by atoms with Crippen molar-refractivity contribution < 1.29 is 18.8 Å². The molecular weight excluding hydrogens is 423 g/mol. The highest BCUT2D eigenvalue weighted by atomic mass is 79.9. The van der Waals surface area contributed by atoms with E-state index in [9.17, 15) is 0 Å². The molecule has 0 radical (unpaired) electrons. The molecule has 2 aromatic rings. The third-order valence-electron chi connectivity index (χ3n) is 4.75. The topological polar surface area (TPSA) is 62.7 Å². The summed E-state index contributed by atoms with van der Waals surface area (Å²) in [6, 6.07) is 7.78. The second kappa shape index (κ2) is 9.94. The summed E-state index contributed by atoms with van der Waals surface area (Å²) in [5.41, 5.74) is 2.16. The molecule has 0 spiro atoms. The van der Waals surface area contributed by atoms with Crippen molar-refractivity contribution in [3.05, 3.63) is 52.5 Å². The van der Waals surface area contributed by atoms with Crippen LogP contribution >= 0.6 is 15.9 Å². The van der Waals surface area contributed by atoms with Gasteiger partial charge in [0.05, 0.1) is 35.8 Å². The van der Waals surface area contributed by atoms with Crippen LogP contribution in [-0.4, -0.2) is 42.5 Å². The Hall–Kier alpha value is -1.32. The molecule has 1 aliphatic heterocycles. The van der Waals surface area contributed by atoms with E-state index in [2.05, 4.69) is 25.9 Å². The third kappa shape index (κ3) is 6.09. The number of halogens is 1. The maximum absolute atomic E-state index is 5.96. The predicted octanol–water partition coefficient (Wildman–Crippen LogP) is 3.52. The Morgan fingerprint density at radius 2 is 1.36 bits per heavy atom. The Kier molecular flexibility index (Phi) is 8.15. The Morgan fingerprint density at radius 1 is 0.857 bits per heavy atom. The number of methoxy groups -OCH3 is 2. The first-order chi connectivity index (χ1) is 13.2. The zero-order chi connectivity index (χ0) is 20.8. The number of rotatable bonds is 5. The van der Waals surface area contributed by atoms with Gasteiger partial charge in [0.15, 0.2) is 0 Å². The van der Waals surface area contributed by atoms with E-state index in [0.29, 0.717) is 13.2 Å². The fraction of sp³-hybridized carbons (Fsp3) is 0.500. The van der Waals surface area contributed by atoms with Gasteiger partial charge >= 0.3 is 7.12 Å². The Bertz CT molecular complexity index is 723. The molecule has 6 nitrogen and oxygen atoms in total. The summed E-state index contributed by atoms with van der Waals surface area (Å²) in [5, 5.41) is 0. The van der Waals surface area contributed by atoms with Crippen LogP contribution in [-0.2, 0) is 32.0 Å². The maximum Gasteiger partial charge on any atom is 0.496 e. The van der Waals surface area contributed by atoms with Crippen molar-refractivity contribution in [3.63, 3.8) is 0 Å². The monoisotopic (exact) mass is 450 g/mol. The second-order valence-electron chi connectivity index (χ2n) is 7.50. The third-order valence-corrected chi connectivity index (χ3v) is 5.22. The molecule has 1 saturated heterocycles. The van der Waals surface area contributed by atoms with Gasteiger partial charge in [0, 0.05) is 36.5 Å². The van der Waals surface area contributed by atoms with Crippen LogP contribution in [0.2, 0.25) is 0 Å². The molecule has 0 bridgehead atoms. The van der Waals surface area contributed by atoms with E-state index >= 15 is 0 Å². The number of hydrogen-bond acceptors (Lipinski definition) is 6. The Balaban J connectivity index is 0.000000237. The van der Waals surface area contributed by atoms with Crippen molar-refractivity contribution in [1.82, 2.24) is 9.97 Å². The van der Waals surface area contributed by atoms with Gasteiger partial charge in [-0.15, -0.1) is 0 Å². The summed E-state index contributed by atoms with van der Waals surface area (Å²) in [6.07, 6.45) is 3.55. The molecule has 2 aromatic heterocycles. The summed E-state index contributed by atoms with van der Waals surface area (Å²) < 4.78 is 22.8. The highest BCUT2D eigenvalue weighted by molar-refractivity contribution is 9.10. The molecule has 3 heterocycles. The lowest BCUT2D eigenvalue weighted by Crippen LogP contribution is -2.41. The standard InChI is InChI=1S/C13H20BNO3.C7H8BrNO/c1-12(2)13(3,4)18-14(17-12)10-6-7-11(9-16-5)15-8-10;1-10-5-7-3-2-6(8)4-9-7/h6-8H,9H2,1-5H3;2-4H,5H2,1H3. The molecule has 0 aliphatic carbocycles. The fourth-order valence-electron chi connectivity index (χ4n) is 2.43. The molecule has 0 N–H and O–H groups in total. The lowest BCUT2D eigenvalue weighted by Gasteiger charge is -2.32. The molecule has 0 amide bonds. The van der Waals surface area contributed by atoms with Crippen molar-refractivity contribution >= 4 is 28.5 Å². The van der Waals surface area contributed by atoms with Crippen LogP contribution in [0.3, 0.4) is 0 Å². The largest absolute Gasteiger partial charge is 0.496 e. The van der Waals surface area contributed by atoms with Crippen LogP contribution in [0.1, 0.15) is 39.1 Å². The maximum atomic E-state index is 5.96. The summed E-state index contributed by atoms with van der Waals surface area (Å²) in [6.45, 7) is 9.26. The van der Waals surface area contributed by atoms with Crippen molar-refractivity contribution in [2.45, 2.75) is 52.1 Å². The lowest BCUT2D eigenvalue weighted by atomic mass is 9.80. The average Bonchev–Trinajstić information content (AvgIpc) is 2.86. The first-order valence-corrected chi connectivity index (χ1v) is 9.86. The van der Waals surface area contributed by atoms with E-state index in [0.717, 1.165) is 21.3 Å². The van der Waals surface area contributed by atoms with Gasteiger partial charge in [0.1, 0.15) is 0 Å². The van der Waals surface area contributed by atoms with Crippen LogP contribution in [0.15, 0.2) is 41.1 Å². The first kappa shape index (κ1) is 23.0. The summed E-state index contributed by atoms with van der Waals surface area (Å²) in [7, 11) is 2.96. The second-order valence-corrected chi connectivity index (χ2v) is 8.42. The molecule has 0 saturated carbocycles. The summed E-state index contributed by atoms with van der Waals surface area (Å²) in [5.74, 6) is 0. The predicted molar refractivity (Wildman–Crippen MR) is 113 cm³/mol. The molecule has 0 unspecified atom stereocenters. The van der Waals surface area contributed by atoms with E-state index in [1.807, 2.05) is 52.0 Å². The molecule has 152 valence electrons. The van der Waals surface area contributed by atoms with Gasteiger partial charge in [-0.2, -0.15) is 0 Å². The van der Waals surface area contributed by atoms with Gasteiger partial charge in [-0.25, -0.2) is 0 Å². The normalized spacial score (nSPS) is 17.2. The minimum atomic E-state index is -0.348. The molecule has 0 aromatic carbocycles. The Morgan fingerprint density at radius 3 is 1.75 bits per heavy atom. The molecule has 8 heteroatoms. The van der Waals surface area contributed by atoms with Crippen LogP contribution in [0.5, 0.6) is 0 Å². The van der Waals surface area contributed by atoms with Crippen molar-refractivity contribution in [3.8, 4) is 0 Å². The number of hydrogen-bond donors (Lipinski definition) is 0. The smallest absolute Gasteiger partial charge is 0.399 e. The van der Waals surface area contributed by atoms with Gasteiger partial charge in [-0.1, -0.05) is 6.07 Å². The zero-order valence-corrected chi connectivity index (χ0v) is 18.9. The van der Waals surface area contributed by atoms with Gasteiger partial charge in [-0.05, 0) is 61.8 Å². The fourth-order valence-corrected chi connectivity index (χ4v) is 2.66. The van der Waals surface area contributed by atoms with Crippen LogP contribution in [0.4, 0.5) is 0 Å². The molecule has 1 fully saturated rings. The van der Waals surface area contributed by atoms with Crippen molar-refractivity contribution in [1.29, 1.82) is 0 Å². The van der Waals surface area contributed by atoms with E-state index < -0.39 is 0 Å². The highest BCUT2D eigenvalue weighted by Crippen LogP contribution is 2.36. The quantitative estimate of drug-likeness (QED) is 0.649. The van der Waals surface area contributed by atoms with Crippen molar-refractivity contribution in [2.75, 3.05) is 14.2 Å². The highest BCUT2D eigenvalue weighted by Gasteiger charge is 2.51. The van der Waals surface area contributed by atoms with Crippen LogP contribution < -0.4 is 5.46 Å². The van der Waals surface area contributed by atoms with E-state index in [-0.39, 0.29) is 18.3 Å². The SMILES string of the molecule is COCc1ccc(B2OC(C)(C)C(C)(C)O2)cn1.COCc1ccc(Br)cn1. The molecular formula is C20H28BBrN2O4. The van der Waals surface area contributed by atoms with Gasteiger partial charge in [-0.3, -0.25) is 9.97 Å². The van der Waals surface area contributed by atoms with Gasteiger partial charge in [0.25, 0.3) is 0 Å². The molecule has 0 atom stereocenters. The first-order valence-electron chi connectivity index (χ1n) is 9.07. The number of aromatic nitrogens is 2. The van der Waals surface area contributed by atoms with Crippen LogP contribution in [0.25, 0.3) is 0 Å². The minimum absolute atomic E-state index is 0.317. The number of ether oxygens (including phenoxy) is 2. The zero-order valence-electron chi connectivity index (χ0n) is 17.4. The Labute approximate surface area is 176 Å². The van der Waals surface area contributed by atoms with E-state index in [4.69, 9.17) is 18.8 Å². The van der Waals surface area contributed by atoms with E-state index in [1.54, 1.807) is 26.6 Å². The number of nitrogens with zero attached hydrogens (tertiary/aromatic N) is 2. The molecule has 3 rings (SSSR count). The lowest BCUT2D eigenvalue weighted by molar-refractivity contribution is 0.00578. The van der Waals surface area contributed by atoms with E-state index in [1.165, 1.54) is 0 Å². The van der Waals surface area contributed by atoms with Gasteiger partial charge in [0.2, 0.25) is 0 Å². The summed E-state index contributed by atoms with van der Waals surface area (Å²) >= 11 is 3.29. The molecule has 1 aliphatic rings. The average molecular weight is 451 g/mol. The molecule has 28 heavy (non-hydrogen) atoms. The number of pyridine rings is 2. The minimum Gasteiger partial charge on any atom is -0.399 e. The summed E-state index contributed by atoms with van der Waals surface area (Å²) in [4.78, 5) is 8.42. The van der Waals surface area contributed by atoms with Crippen molar-refractivity contribution in [2.24, 2.45) is 0 Å². The van der Waals surface area contributed by atoms with Crippen LogP contribution in [0, 0.1) is 0 Å². The van der Waals surface area contributed by atoms with Gasteiger partial charge < -0.3 is 18.8 Å².